The predicted octanol–water partition coefficient (Wildman–Crippen LogP) is 3.90. The van der Waals surface area contributed by atoms with Crippen molar-refractivity contribution in [3.63, 3.8) is 0 Å². The van der Waals surface area contributed by atoms with Gasteiger partial charge in [-0.3, -0.25) is 4.79 Å². The zero-order valence-electron chi connectivity index (χ0n) is 15.6. The van der Waals surface area contributed by atoms with Crippen LogP contribution >= 0.6 is 0 Å². The van der Waals surface area contributed by atoms with Crippen molar-refractivity contribution < 1.29 is 9.21 Å². The van der Waals surface area contributed by atoms with Crippen LogP contribution in [-0.4, -0.2) is 33.4 Å². The Bertz CT molecular complexity index is 1170. The Hall–Kier alpha value is -3.41. The number of nitrogens with one attached hydrogen (secondary N) is 1. The molecule has 0 bridgehead atoms. The SMILES string of the molecule is Cc1ccc(CN2CCC(Nc3ncnc4c3oc3ccccc34)C2=O)cc1. The van der Waals surface area contributed by atoms with Gasteiger partial charge in [-0.15, -0.1) is 0 Å². The van der Waals surface area contributed by atoms with E-state index in [9.17, 15) is 4.79 Å². The zero-order valence-corrected chi connectivity index (χ0v) is 15.6. The Morgan fingerprint density at radius 3 is 2.82 bits per heavy atom. The van der Waals surface area contributed by atoms with Gasteiger partial charge in [0, 0.05) is 18.5 Å². The first-order valence-corrected chi connectivity index (χ1v) is 9.42. The van der Waals surface area contributed by atoms with Gasteiger partial charge in [-0.1, -0.05) is 42.0 Å². The molecule has 2 aromatic carbocycles. The van der Waals surface area contributed by atoms with Crippen LogP contribution in [0.15, 0.2) is 59.3 Å². The molecule has 6 nitrogen and oxygen atoms in total. The van der Waals surface area contributed by atoms with E-state index in [-0.39, 0.29) is 11.9 Å². The van der Waals surface area contributed by atoms with E-state index < -0.39 is 0 Å². The molecule has 0 spiro atoms. The van der Waals surface area contributed by atoms with Gasteiger partial charge in [0.05, 0.1) is 0 Å². The summed E-state index contributed by atoms with van der Waals surface area (Å²) in [7, 11) is 0. The average molecular weight is 372 g/mol. The molecule has 1 saturated heterocycles. The maximum Gasteiger partial charge on any atom is 0.245 e. The molecule has 6 heteroatoms. The van der Waals surface area contributed by atoms with E-state index in [4.69, 9.17) is 4.42 Å². The molecular weight excluding hydrogens is 352 g/mol. The highest BCUT2D eigenvalue weighted by molar-refractivity contribution is 6.05. The van der Waals surface area contributed by atoms with Crippen LogP contribution in [0.3, 0.4) is 0 Å². The molecule has 1 unspecified atom stereocenters. The van der Waals surface area contributed by atoms with Gasteiger partial charge in [-0.05, 0) is 31.0 Å². The van der Waals surface area contributed by atoms with Crippen molar-refractivity contribution >= 4 is 33.8 Å². The fourth-order valence-electron chi connectivity index (χ4n) is 3.74. The van der Waals surface area contributed by atoms with Crippen molar-refractivity contribution in [2.75, 3.05) is 11.9 Å². The zero-order chi connectivity index (χ0) is 19.1. The largest absolute Gasteiger partial charge is 0.450 e. The molecule has 4 aromatic rings. The lowest BCUT2D eigenvalue weighted by Crippen LogP contribution is -2.33. The van der Waals surface area contributed by atoms with Crippen LogP contribution in [0.5, 0.6) is 0 Å². The lowest BCUT2D eigenvalue weighted by molar-refractivity contribution is -0.128. The number of benzene rings is 2. The van der Waals surface area contributed by atoms with Gasteiger partial charge in [0.25, 0.3) is 0 Å². The first-order chi connectivity index (χ1) is 13.7. The number of carbonyl (C=O) groups excluding carboxylic acids is 1. The van der Waals surface area contributed by atoms with Gasteiger partial charge in [-0.25, -0.2) is 9.97 Å². The summed E-state index contributed by atoms with van der Waals surface area (Å²) in [5, 5.41) is 4.23. The van der Waals surface area contributed by atoms with E-state index in [1.54, 1.807) is 0 Å². The third-order valence-electron chi connectivity index (χ3n) is 5.26. The number of anilines is 1. The van der Waals surface area contributed by atoms with Gasteiger partial charge in [-0.2, -0.15) is 0 Å². The third-order valence-corrected chi connectivity index (χ3v) is 5.26. The maximum absolute atomic E-state index is 12.9. The molecular formula is C22H20N4O2. The summed E-state index contributed by atoms with van der Waals surface area (Å²) in [4.78, 5) is 23.5. The molecule has 5 rings (SSSR count). The van der Waals surface area contributed by atoms with Crippen LogP contribution in [0, 0.1) is 6.92 Å². The topological polar surface area (TPSA) is 71.3 Å². The van der Waals surface area contributed by atoms with Gasteiger partial charge in [0.1, 0.15) is 23.5 Å². The minimum Gasteiger partial charge on any atom is -0.450 e. The Morgan fingerprint density at radius 1 is 1.14 bits per heavy atom. The lowest BCUT2D eigenvalue weighted by Gasteiger charge is -2.17. The number of para-hydroxylation sites is 1. The molecule has 0 radical (unpaired) electrons. The van der Waals surface area contributed by atoms with E-state index in [0.29, 0.717) is 17.9 Å². The summed E-state index contributed by atoms with van der Waals surface area (Å²) in [6.45, 7) is 3.41. The number of carbonyl (C=O) groups is 1. The highest BCUT2D eigenvalue weighted by atomic mass is 16.3. The first kappa shape index (κ1) is 16.7. The van der Waals surface area contributed by atoms with E-state index in [1.807, 2.05) is 29.2 Å². The standard InChI is InChI=1S/C22H20N4O2/c1-14-6-8-15(9-7-14)12-26-11-10-17(22(26)27)25-21-20-19(23-13-24-21)16-4-2-3-5-18(16)28-20/h2-9,13,17H,10-12H2,1H3,(H,23,24,25). The van der Waals surface area contributed by atoms with Crippen LogP contribution in [0.25, 0.3) is 22.1 Å². The van der Waals surface area contributed by atoms with Crippen LogP contribution in [0.4, 0.5) is 5.82 Å². The van der Waals surface area contributed by atoms with Gasteiger partial charge >= 0.3 is 0 Å². The Balaban J connectivity index is 1.38. The molecule has 1 fully saturated rings. The number of aryl methyl sites for hydroxylation is 1. The second-order valence-corrected chi connectivity index (χ2v) is 7.23. The van der Waals surface area contributed by atoms with Crippen LogP contribution < -0.4 is 5.32 Å². The fourth-order valence-corrected chi connectivity index (χ4v) is 3.74. The molecule has 0 aliphatic carbocycles. The highest BCUT2D eigenvalue weighted by Crippen LogP contribution is 2.31. The number of amides is 1. The van der Waals surface area contributed by atoms with Crippen molar-refractivity contribution in [3.8, 4) is 0 Å². The molecule has 0 saturated carbocycles. The van der Waals surface area contributed by atoms with Crippen molar-refractivity contribution in [2.24, 2.45) is 0 Å². The highest BCUT2D eigenvalue weighted by Gasteiger charge is 2.32. The van der Waals surface area contributed by atoms with E-state index in [1.165, 1.54) is 11.9 Å². The number of hydrogen-bond acceptors (Lipinski definition) is 5. The second-order valence-electron chi connectivity index (χ2n) is 7.23. The van der Waals surface area contributed by atoms with Crippen molar-refractivity contribution in [1.82, 2.24) is 14.9 Å². The Kier molecular flexibility index (Phi) is 3.97. The summed E-state index contributed by atoms with van der Waals surface area (Å²) >= 11 is 0. The van der Waals surface area contributed by atoms with Crippen molar-refractivity contribution in [3.05, 3.63) is 66.0 Å². The molecule has 140 valence electrons. The minimum absolute atomic E-state index is 0.0865. The fraction of sp³-hybridized carbons (Fsp3) is 0.227. The van der Waals surface area contributed by atoms with E-state index in [2.05, 4.69) is 46.5 Å². The molecule has 1 aliphatic heterocycles. The minimum atomic E-state index is -0.309. The van der Waals surface area contributed by atoms with E-state index in [0.717, 1.165) is 35.0 Å². The summed E-state index contributed by atoms with van der Waals surface area (Å²) in [6, 6.07) is 15.8. The summed E-state index contributed by atoms with van der Waals surface area (Å²) < 4.78 is 5.95. The average Bonchev–Trinajstić information content (AvgIpc) is 3.26. The van der Waals surface area contributed by atoms with Gasteiger partial charge in [0.2, 0.25) is 5.91 Å². The number of nitrogens with zero attached hydrogens (tertiary/aromatic N) is 3. The molecule has 1 aliphatic rings. The maximum atomic E-state index is 12.9. The number of fused-ring (bicyclic) bond motifs is 3. The first-order valence-electron chi connectivity index (χ1n) is 9.42. The number of rotatable bonds is 4. The van der Waals surface area contributed by atoms with Crippen molar-refractivity contribution in [1.29, 1.82) is 0 Å². The molecule has 1 N–H and O–H groups in total. The molecule has 1 amide bonds. The quantitative estimate of drug-likeness (QED) is 0.588. The van der Waals surface area contributed by atoms with Crippen LogP contribution in [0.1, 0.15) is 17.5 Å². The Labute approximate surface area is 162 Å². The van der Waals surface area contributed by atoms with Crippen LogP contribution in [0.2, 0.25) is 0 Å². The summed E-state index contributed by atoms with van der Waals surface area (Å²) in [5.41, 5.74) is 4.47. The smallest absolute Gasteiger partial charge is 0.245 e. The summed E-state index contributed by atoms with van der Waals surface area (Å²) in [6.07, 6.45) is 2.24. The second kappa shape index (κ2) is 6.64. The van der Waals surface area contributed by atoms with Gasteiger partial charge in [0.15, 0.2) is 11.4 Å². The number of hydrogen-bond donors (Lipinski definition) is 1. The third kappa shape index (κ3) is 2.87. The normalized spacial score (nSPS) is 17.0. The van der Waals surface area contributed by atoms with Gasteiger partial charge < -0.3 is 14.6 Å². The molecule has 3 heterocycles. The number of furan rings is 1. The Morgan fingerprint density at radius 2 is 1.96 bits per heavy atom. The molecule has 2 aromatic heterocycles. The van der Waals surface area contributed by atoms with Crippen LogP contribution in [-0.2, 0) is 11.3 Å². The van der Waals surface area contributed by atoms with Crippen molar-refractivity contribution in [2.45, 2.75) is 25.9 Å². The number of likely N-dealkylation sites (tertiary alicyclic amines) is 1. The predicted molar refractivity (Wildman–Crippen MR) is 108 cm³/mol. The van der Waals surface area contributed by atoms with E-state index >= 15 is 0 Å². The molecule has 1 atom stereocenters. The monoisotopic (exact) mass is 372 g/mol. The molecule has 28 heavy (non-hydrogen) atoms. The summed E-state index contributed by atoms with van der Waals surface area (Å²) in [5.74, 6) is 0.653. The lowest BCUT2D eigenvalue weighted by atomic mass is 10.1. The number of aromatic nitrogens is 2.